The molecule has 1 fully saturated rings. The monoisotopic (exact) mass is 287 g/mol. The van der Waals surface area contributed by atoms with Crippen molar-refractivity contribution in [2.75, 3.05) is 18.5 Å². The number of carbonyl (C=O) groups excluding carboxylic acids is 2. The predicted molar refractivity (Wildman–Crippen MR) is 76.5 cm³/mol. The van der Waals surface area contributed by atoms with E-state index in [1.54, 1.807) is 31.2 Å². The molecule has 1 aliphatic rings. The second-order valence-corrected chi connectivity index (χ2v) is 4.78. The van der Waals surface area contributed by atoms with Gasteiger partial charge in [0.05, 0.1) is 18.2 Å². The van der Waals surface area contributed by atoms with Gasteiger partial charge in [0, 0.05) is 11.7 Å². The number of nitrogens with one attached hydrogen (secondary N) is 1. The van der Waals surface area contributed by atoms with Crippen LogP contribution in [0.5, 0.6) is 0 Å². The van der Waals surface area contributed by atoms with Crippen LogP contribution in [0.15, 0.2) is 24.3 Å². The Morgan fingerprint density at radius 2 is 2.05 bits per heavy atom. The maximum absolute atomic E-state index is 12.2. The van der Waals surface area contributed by atoms with Crippen LogP contribution >= 0.6 is 0 Å². The summed E-state index contributed by atoms with van der Waals surface area (Å²) in [7, 11) is 0. The number of esters is 1. The van der Waals surface area contributed by atoms with Crippen LogP contribution in [0, 0.1) is 11.3 Å². The van der Waals surface area contributed by atoms with Crippen LogP contribution in [0.3, 0.4) is 0 Å². The van der Waals surface area contributed by atoms with Crippen molar-refractivity contribution in [2.24, 2.45) is 0 Å². The van der Waals surface area contributed by atoms with Crippen molar-refractivity contribution in [2.45, 2.75) is 25.8 Å². The Balaban J connectivity index is 1.98. The molecule has 0 spiro atoms. The number of hydrogen-bond acceptors (Lipinski definition) is 4. The Morgan fingerprint density at radius 1 is 1.38 bits per heavy atom. The van der Waals surface area contributed by atoms with Gasteiger partial charge in [0.2, 0.25) is 0 Å². The molecule has 1 aromatic rings. The summed E-state index contributed by atoms with van der Waals surface area (Å²) in [4.78, 5) is 25.3. The summed E-state index contributed by atoms with van der Waals surface area (Å²) < 4.78 is 4.88. The van der Waals surface area contributed by atoms with Crippen LogP contribution in [0.1, 0.15) is 25.3 Å². The lowest BCUT2D eigenvalue weighted by atomic mass is 10.2. The molecule has 6 heteroatoms. The largest absolute Gasteiger partial charge is 0.465 e. The number of urea groups is 1. The van der Waals surface area contributed by atoms with Gasteiger partial charge in [-0.25, -0.2) is 4.79 Å². The SMILES string of the molecule is CCOC(=O)CN(C(=O)Nc1ccc(C#N)cc1)C1CC1. The summed E-state index contributed by atoms with van der Waals surface area (Å²) >= 11 is 0. The minimum Gasteiger partial charge on any atom is -0.465 e. The second kappa shape index (κ2) is 6.75. The van der Waals surface area contributed by atoms with Gasteiger partial charge < -0.3 is 15.0 Å². The van der Waals surface area contributed by atoms with Gasteiger partial charge in [-0.15, -0.1) is 0 Å². The van der Waals surface area contributed by atoms with Crippen LogP contribution in [-0.2, 0) is 9.53 Å². The van der Waals surface area contributed by atoms with Crippen LogP contribution in [0.25, 0.3) is 0 Å². The molecule has 0 atom stereocenters. The highest BCUT2D eigenvalue weighted by Gasteiger charge is 2.34. The van der Waals surface area contributed by atoms with Gasteiger partial charge in [0.25, 0.3) is 0 Å². The van der Waals surface area contributed by atoms with E-state index in [1.807, 2.05) is 6.07 Å². The third-order valence-corrected chi connectivity index (χ3v) is 3.12. The van der Waals surface area contributed by atoms with Gasteiger partial charge in [0.15, 0.2) is 0 Å². The summed E-state index contributed by atoms with van der Waals surface area (Å²) in [6.07, 6.45) is 1.81. The van der Waals surface area contributed by atoms with Crippen molar-refractivity contribution in [3.8, 4) is 6.07 Å². The molecule has 0 bridgehead atoms. The normalized spacial score (nSPS) is 13.1. The van der Waals surface area contributed by atoms with E-state index in [0.29, 0.717) is 17.9 Å². The number of nitriles is 1. The first-order chi connectivity index (χ1) is 10.1. The maximum atomic E-state index is 12.2. The number of hydrogen-bond donors (Lipinski definition) is 1. The lowest BCUT2D eigenvalue weighted by Crippen LogP contribution is -2.40. The number of ether oxygens (including phenoxy) is 1. The van der Waals surface area contributed by atoms with Crippen LogP contribution in [-0.4, -0.2) is 36.1 Å². The fraction of sp³-hybridized carbons (Fsp3) is 0.400. The van der Waals surface area contributed by atoms with Gasteiger partial charge in [0.1, 0.15) is 6.54 Å². The van der Waals surface area contributed by atoms with E-state index in [-0.39, 0.29) is 18.6 Å². The first-order valence-electron chi connectivity index (χ1n) is 6.87. The molecule has 2 amide bonds. The second-order valence-electron chi connectivity index (χ2n) is 4.78. The summed E-state index contributed by atoms with van der Waals surface area (Å²) in [6, 6.07) is 8.37. The smallest absolute Gasteiger partial charge is 0.325 e. The number of carbonyl (C=O) groups is 2. The third kappa shape index (κ3) is 4.21. The first-order valence-corrected chi connectivity index (χ1v) is 6.87. The average Bonchev–Trinajstić information content (AvgIpc) is 3.30. The Bertz CT molecular complexity index is 559. The number of amides is 2. The minimum atomic E-state index is -0.403. The lowest BCUT2D eigenvalue weighted by Gasteiger charge is -2.21. The molecule has 0 unspecified atom stereocenters. The molecule has 1 N–H and O–H groups in total. The van der Waals surface area contributed by atoms with Gasteiger partial charge >= 0.3 is 12.0 Å². The molecule has 1 aliphatic carbocycles. The average molecular weight is 287 g/mol. The van der Waals surface area contributed by atoms with E-state index in [9.17, 15) is 9.59 Å². The molecular weight excluding hydrogens is 270 g/mol. The third-order valence-electron chi connectivity index (χ3n) is 3.12. The molecule has 0 radical (unpaired) electrons. The molecule has 0 saturated heterocycles. The quantitative estimate of drug-likeness (QED) is 0.841. The van der Waals surface area contributed by atoms with E-state index in [0.717, 1.165) is 12.8 Å². The number of rotatable bonds is 5. The van der Waals surface area contributed by atoms with Crippen molar-refractivity contribution in [3.63, 3.8) is 0 Å². The van der Waals surface area contributed by atoms with Crippen LogP contribution in [0.4, 0.5) is 10.5 Å². The summed E-state index contributed by atoms with van der Waals surface area (Å²) in [5.41, 5.74) is 1.12. The molecule has 2 rings (SSSR count). The van der Waals surface area contributed by atoms with Crippen LogP contribution < -0.4 is 5.32 Å². The molecule has 0 aliphatic heterocycles. The predicted octanol–water partition coefficient (Wildman–Crippen LogP) is 2.12. The van der Waals surface area contributed by atoms with Crippen LogP contribution in [0.2, 0.25) is 0 Å². The van der Waals surface area contributed by atoms with Crippen molar-refractivity contribution in [3.05, 3.63) is 29.8 Å². The van der Waals surface area contributed by atoms with E-state index in [2.05, 4.69) is 5.32 Å². The topological polar surface area (TPSA) is 82.4 Å². The highest BCUT2D eigenvalue weighted by Crippen LogP contribution is 2.27. The Morgan fingerprint density at radius 3 is 2.57 bits per heavy atom. The highest BCUT2D eigenvalue weighted by molar-refractivity contribution is 5.92. The molecule has 0 heterocycles. The van der Waals surface area contributed by atoms with Gasteiger partial charge in [-0.3, -0.25) is 4.79 Å². The van der Waals surface area contributed by atoms with Gasteiger partial charge in [-0.1, -0.05) is 0 Å². The summed E-state index contributed by atoms with van der Waals surface area (Å²) in [5.74, 6) is -0.403. The molecule has 110 valence electrons. The van der Waals surface area contributed by atoms with Crippen molar-refractivity contribution >= 4 is 17.7 Å². The molecule has 0 aromatic heterocycles. The number of benzene rings is 1. The fourth-order valence-electron chi connectivity index (χ4n) is 1.92. The zero-order valence-corrected chi connectivity index (χ0v) is 11.8. The zero-order chi connectivity index (χ0) is 15.2. The zero-order valence-electron chi connectivity index (χ0n) is 11.8. The highest BCUT2D eigenvalue weighted by atomic mass is 16.5. The van der Waals surface area contributed by atoms with E-state index >= 15 is 0 Å². The number of nitrogens with zero attached hydrogens (tertiary/aromatic N) is 2. The Kier molecular flexibility index (Phi) is 4.77. The van der Waals surface area contributed by atoms with E-state index in [1.165, 1.54) is 4.90 Å². The molecule has 6 nitrogen and oxygen atoms in total. The summed E-state index contributed by atoms with van der Waals surface area (Å²) in [6.45, 7) is 1.99. The van der Waals surface area contributed by atoms with Crippen molar-refractivity contribution < 1.29 is 14.3 Å². The van der Waals surface area contributed by atoms with Crippen molar-refractivity contribution in [1.29, 1.82) is 5.26 Å². The maximum Gasteiger partial charge on any atom is 0.325 e. The summed E-state index contributed by atoms with van der Waals surface area (Å²) in [5, 5.41) is 11.5. The van der Waals surface area contributed by atoms with Crippen molar-refractivity contribution in [1.82, 2.24) is 4.90 Å². The molecular formula is C15H17N3O3. The van der Waals surface area contributed by atoms with E-state index in [4.69, 9.17) is 10.00 Å². The minimum absolute atomic E-state index is 0.0411. The molecule has 1 saturated carbocycles. The first kappa shape index (κ1) is 14.9. The standard InChI is InChI=1S/C15H17N3O3/c1-2-21-14(19)10-18(13-7-8-13)15(20)17-12-5-3-11(9-16)4-6-12/h3-6,13H,2,7-8,10H2,1H3,(H,17,20). The molecule has 1 aromatic carbocycles. The fourth-order valence-corrected chi connectivity index (χ4v) is 1.92. The Hall–Kier alpha value is -2.55. The molecule has 21 heavy (non-hydrogen) atoms. The number of anilines is 1. The van der Waals surface area contributed by atoms with Gasteiger partial charge in [-0.2, -0.15) is 5.26 Å². The lowest BCUT2D eigenvalue weighted by molar-refractivity contribution is -0.143. The van der Waals surface area contributed by atoms with E-state index < -0.39 is 5.97 Å². The van der Waals surface area contributed by atoms with Gasteiger partial charge in [-0.05, 0) is 44.0 Å². The Labute approximate surface area is 123 Å².